The average Bonchev–Trinajstić information content (AvgIpc) is 2.73. The summed E-state index contributed by atoms with van der Waals surface area (Å²) in [4.78, 5) is 10.3. The Kier molecular flexibility index (Phi) is 24.6. The standard InChI is InChI=1S/C18H34O2.C8H20N/c1-2-3-4-5-6-7-8-9-10-11-12-13-14-15-16-17-18(19)20;1-5-9(6-2,7-3)8-4/h9-10H,2-8,11-17H2,1H3,(H,19,20);5-8H2,1-4H3/q;+1/b10-9-;. The van der Waals surface area contributed by atoms with Gasteiger partial charge >= 0.3 is 5.97 Å². The summed E-state index contributed by atoms with van der Waals surface area (Å²) in [5.41, 5.74) is 0. The predicted octanol–water partition coefficient (Wildman–Crippen LogP) is 7.99. The van der Waals surface area contributed by atoms with E-state index in [-0.39, 0.29) is 0 Å². The molecule has 0 aromatic rings. The van der Waals surface area contributed by atoms with Gasteiger partial charge in [0.25, 0.3) is 0 Å². The molecule has 0 rings (SSSR count). The first-order valence-corrected chi connectivity index (χ1v) is 12.7. The fourth-order valence-corrected chi connectivity index (χ4v) is 3.69. The fourth-order valence-electron chi connectivity index (χ4n) is 3.69. The Morgan fingerprint density at radius 2 is 1.00 bits per heavy atom. The molecule has 0 saturated heterocycles. The molecule has 29 heavy (non-hydrogen) atoms. The van der Waals surface area contributed by atoms with Crippen LogP contribution in [0.15, 0.2) is 12.2 Å². The molecular formula is C26H54NO2+. The highest BCUT2D eigenvalue weighted by atomic mass is 16.4. The summed E-state index contributed by atoms with van der Waals surface area (Å²) in [6, 6.07) is 0. The molecule has 0 unspecified atom stereocenters. The van der Waals surface area contributed by atoms with Crippen LogP contribution in [-0.2, 0) is 4.79 Å². The Morgan fingerprint density at radius 1 is 0.621 bits per heavy atom. The van der Waals surface area contributed by atoms with Crippen LogP contribution >= 0.6 is 0 Å². The number of quaternary nitrogens is 1. The smallest absolute Gasteiger partial charge is 0.303 e. The number of allylic oxidation sites excluding steroid dienone is 2. The highest BCUT2D eigenvalue weighted by Crippen LogP contribution is 2.09. The van der Waals surface area contributed by atoms with Gasteiger partial charge in [0.15, 0.2) is 0 Å². The molecule has 0 heterocycles. The topological polar surface area (TPSA) is 37.3 Å². The molecule has 1 N–H and O–H groups in total. The van der Waals surface area contributed by atoms with Crippen molar-refractivity contribution in [2.75, 3.05) is 26.2 Å². The minimum atomic E-state index is -0.664. The van der Waals surface area contributed by atoms with Crippen molar-refractivity contribution in [1.29, 1.82) is 0 Å². The van der Waals surface area contributed by atoms with Crippen LogP contribution in [0.3, 0.4) is 0 Å². The van der Waals surface area contributed by atoms with Gasteiger partial charge in [-0.3, -0.25) is 4.79 Å². The third kappa shape index (κ3) is 21.7. The van der Waals surface area contributed by atoms with E-state index in [1.54, 1.807) is 0 Å². The summed E-state index contributed by atoms with van der Waals surface area (Å²) in [5.74, 6) is -0.664. The summed E-state index contributed by atoms with van der Waals surface area (Å²) in [6.45, 7) is 16.5. The predicted molar refractivity (Wildman–Crippen MR) is 130 cm³/mol. The van der Waals surface area contributed by atoms with Gasteiger partial charge in [0.2, 0.25) is 0 Å². The first-order valence-electron chi connectivity index (χ1n) is 12.7. The highest BCUT2D eigenvalue weighted by molar-refractivity contribution is 5.66. The number of hydrogen-bond donors (Lipinski definition) is 1. The van der Waals surface area contributed by atoms with E-state index >= 15 is 0 Å². The quantitative estimate of drug-likeness (QED) is 0.133. The van der Waals surface area contributed by atoms with E-state index < -0.39 is 5.97 Å². The Hall–Kier alpha value is -0.830. The largest absolute Gasteiger partial charge is 0.481 e. The molecule has 0 atom stereocenters. The molecule has 0 saturated carbocycles. The molecule has 0 bridgehead atoms. The van der Waals surface area contributed by atoms with E-state index in [0.29, 0.717) is 6.42 Å². The van der Waals surface area contributed by atoms with Crippen LogP contribution in [0.1, 0.15) is 125 Å². The monoisotopic (exact) mass is 412 g/mol. The van der Waals surface area contributed by atoms with Gasteiger partial charge in [-0.2, -0.15) is 0 Å². The Labute approximate surface area is 183 Å². The van der Waals surface area contributed by atoms with Gasteiger partial charge in [-0.05, 0) is 59.8 Å². The zero-order chi connectivity index (χ0) is 22.2. The molecule has 0 aromatic carbocycles. The second-order valence-electron chi connectivity index (χ2n) is 8.33. The van der Waals surface area contributed by atoms with Gasteiger partial charge in [0, 0.05) is 6.42 Å². The number of aliphatic carboxylic acids is 1. The molecule has 3 nitrogen and oxygen atoms in total. The minimum Gasteiger partial charge on any atom is -0.481 e. The lowest BCUT2D eigenvalue weighted by molar-refractivity contribution is -0.921. The molecule has 0 aromatic heterocycles. The van der Waals surface area contributed by atoms with E-state index in [2.05, 4.69) is 46.8 Å². The zero-order valence-corrected chi connectivity index (χ0v) is 20.7. The molecule has 0 radical (unpaired) electrons. The lowest BCUT2D eigenvalue weighted by Gasteiger charge is -2.34. The van der Waals surface area contributed by atoms with Crippen LogP contribution in [-0.4, -0.2) is 41.7 Å². The Bertz CT molecular complexity index is 344. The molecule has 0 aliphatic carbocycles. The molecule has 174 valence electrons. The van der Waals surface area contributed by atoms with Gasteiger partial charge in [0.1, 0.15) is 0 Å². The van der Waals surface area contributed by atoms with E-state index in [4.69, 9.17) is 5.11 Å². The summed E-state index contributed by atoms with van der Waals surface area (Å²) in [6.07, 6.45) is 21.2. The third-order valence-electron chi connectivity index (χ3n) is 6.34. The van der Waals surface area contributed by atoms with Crippen molar-refractivity contribution < 1.29 is 14.4 Å². The summed E-state index contributed by atoms with van der Waals surface area (Å²) < 4.78 is 1.28. The van der Waals surface area contributed by atoms with Crippen molar-refractivity contribution in [3.8, 4) is 0 Å². The first kappa shape index (κ1) is 30.4. The Morgan fingerprint density at radius 3 is 1.34 bits per heavy atom. The third-order valence-corrected chi connectivity index (χ3v) is 6.34. The van der Waals surface area contributed by atoms with Crippen LogP contribution in [0, 0.1) is 0 Å². The molecular weight excluding hydrogens is 358 g/mol. The van der Waals surface area contributed by atoms with Gasteiger partial charge in [-0.1, -0.05) is 70.4 Å². The summed E-state index contributed by atoms with van der Waals surface area (Å²) in [5, 5.41) is 8.51. The normalized spacial score (nSPS) is 11.5. The molecule has 0 aliphatic heterocycles. The average molecular weight is 413 g/mol. The van der Waals surface area contributed by atoms with Crippen molar-refractivity contribution in [2.45, 2.75) is 125 Å². The molecule has 0 spiro atoms. The van der Waals surface area contributed by atoms with E-state index in [9.17, 15) is 4.79 Å². The first-order chi connectivity index (χ1) is 14.0. The van der Waals surface area contributed by atoms with E-state index in [1.165, 1.54) is 101 Å². The van der Waals surface area contributed by atoms with Crippen LogP contribution in [0.5, 0.6) is 0 Å². The molecule has 0 amide bonds. The Balaban J connectivity index is 0. The van der Waals surface area contributed by atoms with Gasteiger partial charge < -0.3 is 9.59 Å². The second-order valence-corrected chi connectivity index (χ2v) is 8.33. The number of nitrogens with zero attached hydrogens (tertiary/aromatic N) is 1. The van der Waals surface area contributed by atoms with Crippen LogP contribution < -0.4 is 0 Å². The van der Waals surface area contributed by atoms with E-state index in [1.807, 2.05) is 0 Å². The minimum absolute atomic E-state index is 0.332. The van der Waals surface area contributed by atoms with E-state index in [0.717, 1.165) is 12.8 Å². The SMILES string of the molecule is CCCCCCCC/C=C\CCCCCCCC(=O)O.CC[N+](CC)(CC)CC. The summed E-state index contributed by atoms with van der Waals surface area (Å²) in [7, 11) is 0. The number of hydrogen-bond acceptors (Lipinski definition) is 1. The van der Waals surface area contributed by atoms with Crippen molar-refractivity contribution in [2.24, 2.45) is 0 Å². The maximum atomic E-state index is 10.3. The molecule has 0 fully saturated rings. The number of carboxylic acid groups (broad SMARTS) is 1. The second kappa shape index (κ2) is 23.4. The molecule has 3 heteroatoms. The lowest BCUT2D eigenvalue weighted by Crippen LogP contribution is -2.47. The maximum Gasteiger partial charge on any atom is 0.303 e. The van der Waals surface area contributed by atoms with Crippen molar-refractivity contribution >= 4 is 5.97 Å². The van der Waals surface area contributed by atoms with Crippen LogP contribution in [0.2, 0.25) is 0 Å². The van der Waals surface area contributed by atoms with Gasteiger partial charge in [-0.15, -0.1) is 0 Å². The summed E-state index contributed by atoms with van der Waals surface area (Å²) >= 11 is 0. The number of carboxylic acids is 1. The van der Waals surface area contributed by atoms with Crippen LogP contribution in [0.4, 0.5) is 0 Å². The van der Waals surface area contributed by atoms with Crippen molar-refractivity contribution in [3.05, 3.63) is 12.2 Å². The lowest BCUT2D eigenvalue weighted by atomic mass is 10.1. The van der Waals surface area contributed by atoms with Crippen molar-refractivity contribution in [3.63, 3.8) is 0 Å². The highest BCUT2D eigenvalue weighted by Gasteiger charge is 2.16. The van der Waals surface area contributed by atoms with Crippen LogP contribution in [0.25, 0.3) is 0 Å². The number of unbranched alkanes of at least 4 members (excludes halogenated alkanes) is 11. The fraction of sp³-hybridized carbons (Fsp3) is 0.885. The van der Waals surface area contributed by atoms with Crippen molar-refractivity contribution in [1.82, 2.24) is 0 Å². The zero-order valence-electron chi connectivity index (χ0n) is 20.7. The molecule has 0 aliphatic rings. The van der Waals surface area contributed by atoms with Gasteiger partial charge in [0.05, 0.1) is 26.2 Å². The van der Waals surface area contributed by atoms with Gasteiger partial charge in [-0.25, -0.2) is 0 Å². The number of carbonyl (C=O) groups is 1. The number of rotatable bonds is 19. The maximum absolute atomic E-state index is 10.3.